The Kier molecular flexibility index (Phi) is 5.54. The molecular weight excluding hydrogens is 410 g/mol. The Morgan fingerprint density at radius 1 is 1.10 bits per heavy atom. The van der Waals surface area contributed by atoms with E-state index in [1.54, 1.807) is 18.7 Å². The largest absolute Gasteiger partial charge is 0.467 e. The van der Waals surface area contributed by atoms with E-state index in [1.807, 2.05) is 51.9 Å². The quantitative estimate of drug-likeness (QED) is 0.429. The fraction of sp³-hybridized carbons (Fsp3) is 0.217. The molecule has 1 amide bonds. The van der Waals surface area contributed by atoms with Gasteiger partial charge in [0.05, 0.1) is 18.6 Å². The van der Waals surface area contributed by atoms with Crippen molar-refractivity contribution in [3.05, 3.63) is 78.5 Å². The molecule has 0 aliphatic carbocycles. The Morgan fingerprint density at radius 3 is 2.87 bits per heavy atom. The van der Waals surface area contributed by atoms with Crippen LogP contribution in [0.25, 0.3) is 11.4 Å². The molecule has 4 heterocycles. The van der Waals surface area contributed by atoms with Crippen molar-refractivity contribution >= 4 is 23.4 Å². The van der Waals surface area contributed by atoms with Gasteiger partial charge in [0.25, 0.3) is 0 Å². The number of thioether (sulfide) groups is 1. The number of carbonyl (C=O) groups excluding carboxylic acids is 1. The van der Waals surface area contributed by atoms with Crippen molar-refractivity contribution in [3.8, 4) is 11.4 Å². The van der Waals surface area contributed by atoms with E-state index >= 15 is 0 Å². The lowest BCUT2D eigenvalue weighted by Gasteiger charge is -2.29. The average Bonchev–Trinajstić information content (AvgIpc) is 3.48. The minimum atomic E-state index is 0.0765. The third kappa shape index (κ3) is 4.11. The van der Waals surface area contributed by atoms with E-state index in [-0.39, 0.29) is 11.7 Å². The molecule has 0 N–H and O–H groups in total. The average molecular weight is 432 g/mol. The summed E-state index contributed by atoms with van der Waals surface area (Å²) in [4.78, 5) is 19.1. The second-order valence-corrected chi connectivity index (χ2v) is 8.22. The summed E-state index contributed by atoms with van der Waals surface area (Å²) >= 11 is 1.40. The monoisotopic (exact) mass is 431 g/mol. The first-order valence-corrected chi connectivity index (χ1v) is 11.2. The van der Waals surface area contributed by atoms with E-state index in [0.717, 1.165) is 36.4 Å². The van der Waals surface area contributed by atoms with Crippen molar-refractivity contribution in [2.75, 3.05) is 17.2 Å². The summed E-state index contributed by atoms with van der Waals surface area (Å²) in [5.74, 6) is 1.86. The first-order valence-electron chi connectivity index (χ1n) is 10.2. The number of rotatable bonds is 6. The predicted octanol–water partition coefficient (Wildman–Crippen LogP) is 4.05. The van der Waals surface area contributed by atoms with Gasteiger partial charge in [-0.3, -0.25) is 14.3 Å². The van der Waals surface area contributed by atoms with Crippen molar-refractivity contribution < 1.29 is 9.21 Å². The molecule has 0 bridgehead atoms. The molecule has 0 saturated carbocycles. The maximum absolute atomic E-state index is 13.1. The Labute approximate surface area is 184 Å². The van der Waals surface area contributed by atoms with Gasteiger partial charge >= 0.3 is 0 Å². The molecule has 0 atom stereocenters. The molecule has 8 heteroatoms. The minimum Gasteiger partial charge on any atom is -0.467 e. The van der Waals surface area contributed by atoms with Crippen LogP contribution in [0, 0.1) is 0 Å². The van der Waals surface area contributed by atoms with Crippen LogP contribution in [0.2, 0.25) is 0 Å². The highest BCUT2D eigenvalue weighted by atomic mass is 32.2. The number of aryl methyl sites for hydroxylation is 1. The van der Waals surface area contributed by atoms with Gasteiger partial charge in [-0.1, -0.05) is 30.0 Å². The molecule has 7 nitrogen and oxygen atoms in total. The van der Waals surface area contributed by atoms with Gasteiger partial charge < -0.3 is 9.32 Å². The zero-order valence-corrected chi connectivity index (χ0v) is 17.7. The first-order chi connectivity index (χ1) is 15.3. The van der Waals surface area contributed by atoms with Crippen molar-refractivity contribution in [3.63, 3.8) is 0 Å². The highest BCUT2D eigenvalue weighted by molar-refractivity contribution is 7.99. The van der Waals surface area contributed by atoms with E-state index < -0.39 is 0 Å². The number of benzene rings is 1. The molecule has 4 aromatic rings. The molecule has 3 aromatic heterocycles. The number of nitrogens with zero attached hydrogens (tertiary/aromatic N) is 5. The maximum Gasteiger partial charge on any atom is 0.237 e. The van der Waals surface area contributed by atoms with Crippen molar-refractivity contribution in [1.82, 2.24) is 19.7 Å². The topological polar surface area (TPSA) is 77.0 Å². The highest BCUT2D eigenvalue weighted by Gasteiger charge is 2.23. The van der Waals surface area contributed by atoms with Crippen LogP contribution < -0.4 is 4.90 Å². The van der Waals surface area contributed by atoms with Gasteiger partial charge in [0.15, 0.2) is 11.0 Å². The van der Waals surface area contributed by atoms with Crippen molar-refractivity contribution in [2.24, 2.45) is 0 Å². The molecule has 1 aliphatic heterocycles. The van der Waals surface area contributed by atoms with Gasteiger partial charge in [-0.05, 0) is 48.7 Å². The van der Waals surface area contributed by atoms with E-state index in [0.29, 0.717) is 17.5 Å². The fourth-order valence-corrected chi connectivity index (χ4v) is 4.62. The Hall–Kier alpha value is -3.39. The van der Waals surface area contributed by atoms with E-state index in [1.165, 1.54) is 17.3 Å². The van der Waals surface area contributed by atoms with Crippen LogP contribution >= 0.6 is 11.8 Å². The van der Waals surface area contributed by atoms with Crippen LogP contribution in [-0.4, -0.2) is 38.0 Å². The minimum absolute atomic E-state index is 0.0765. The number of pyridine rings is 1. The summed E-state index contributed by atoms with van der Waals surface area (Å²) in [6.07, 6.45) is 7.12. The molecule has 31 heavy (non-hydrogen) atoms. The lowest BCUT2D eigenvalue weighted by atomic mass is 10.0. The summed E-state index contributed by atoms with van der Waals surface area (Å²) in [6.45, 7) is 1.23. The molecule has 156 valence electrons. The molecule has 1 aliphatic rings. The van der Waals surface area contributed by atoms with Crippen LogP contribution in [0.15, 0.2) is 76.8 Å². The lowest BCUT2D eigenvalue weighted by molar-refractivity contribution is -0.116. The SMILES string of the molecule is O=C(CSc1nnc(-c2cccnc2)n1Cc1ccco1)N1CCCc2ccccc21. The normalized spacial score (nSPS) is 13.2. The molecule has 0 fully saturated rings. The Bertz CT molecular complexity index is 1170. The standard InChI is InChI=1S/C23H21N5O2S/c29-21(27-12-4-8-17-6-1-2-10-20(17)27)16-31-23-26-25-22(18-7-3-11-24-14-18)28(23)15-19-9-5-13-30-19/h1-3,5-7,9-11,13-14H,4,8,12,15-16H2. The molecule has 5 rings (SSSR count). The molecule has 0 saturated heterocycles. The number of para-hydroxylation sites is 1. The van der Waals surface area contributed by atoms with Crippen LogP contribution in [0.5, 0.6) is 0 Å². The zero-order chi connectivity index (χ0) is 21.0. The maximum atomic E-state index is 13.1. The molecule has 0 unspecified atom stereocenters. The van der Waals surface area contributed by atoms with Crippen LogP contribution in [-0.2, 0) is 17.8 Å². The van der Waals surface area contributed by atoms with Gasteiger partial charge in [-0.25, -0.2) is 0 Å². The molecule has 0 radical (unpaired) electrons. The molecule has 1 aromatic carbocycles. The third-order valence-corrected chi connectivity index (χ3v) is 6.22. The smallest absolute Gasteiger partial charge is 0.237 e. The van der Waals surface area contributed by atoms with Gasteiger partial charge in [0.1, 0.15) is 5.76 Å². The number of carbonyl (C=O) groups is 1. The zero-order valence-electron chi connectivity index (χ0n) is 16.8. The predicted molar refractivity (Wildman–Crippen MR) is 119 cm³/mol. The highest BCUT2D eigenvalue weighted by Crippen LogP contribution is 2.29. The number of furan rings is 1. The van der Waals surface area contributed by atoms with Gasteiger partial charge in [0.2, 0.25) is 5.91 Å². The summed E-state index contributed by atoms with van der Waals surface area (Å²) in [5.41, 5.74) is 3.11. The molecular formula is C23H21N5O2S. The van der Waals surface area contributed by atoms with Crippen molar-refractivity contribution in [2.45, 2.75) is 24.5 Å². The summed E-state index contributed by atoms with van der Waals surface area (Å²) < 4.78 is 7.51. The summed E-state index contributed by atoms with van der Waals surface area (Å²) in [6, 6.07) is 15.7. The van der Waals surface area contributed by atoms with Gasteiger partial charge in [-0.15, -0.1) is 10.2 Å². The summed E-state index contributed by atoms with van der Waals surface area (Å²) in [5, 5.41) is 9.42. The number of fused-ring (bicyclic) bond motifs is 1. The molecule has 0 spiro atoms. The second kappa shape index (κ2) is 8.77. The van der Waals surface area contributed by atoms with Crippen LogP contribution in [0.3, 0.4) is 0 Å². The Morgan fingerprint density at radius 2 is 2.03 bits per heavy atom. The number of amides is 1. The number of aromatic nitrogens is 4. The second-order valence-electron chi connectivity index (χ2n) is 7.28. The van der Waals surface area contributed by atoms with E-state index in [9.17, 15) is 4.79 Å². The third-order valence-electron chi connectivity index (χ3n) is 5.27. The number of anilines is 1. The van der Waals surface area contributed by atoms with E-state index in [4.69, 9.17) is 4.42 Å². The van der Waals surface area contributed by atoms with Crippen LogP contribution in [0.1, 0.15) is 17.7 Å². The fourth-order valence-electron chi connectivity index (χ4n) is 3.80. The van der Waals surface area contributed by atoms with Gasteiger partial charge in [-0.2, -0.15) is 0 Å². The van der Waals surface area contributed by atoms with Crippen molar-refractivity contribution in [1.29, 1.82) is 0 Å². The number of hydrogen-bond acceptors (Lipinski definition) is 6. The van der Waals surface area contributed by atoms with Gasteiger partial charge in [0, 0.05) is 30.2 Å². The lowest BCUT2D eigenvalue weighted by Crippen LogP contribution is -2.36. The Balaban J connectivity index is 1.38. The van der Waals surface area contributed by atoms with Crippen LogP contribution in [0.4, 0.5) is 5.69 Å². The van der Waals surface area contributed by atoms with E-state index in [2.05, 4.69) is 21.2 Å². The summed E-state index contributed by atoms with van der Waals surface area (Å²) in [7, 11) is 0. The first kappa shape index (κ1) is 19.6. The number of hydrogen-bond donors (Lipinski definition) is 0.